The van der Waals surface area contributed by atoms with E-state index in [2.05, 4.69) is 302 Å². The highest BCUT2D eigenvalue weighted by atomic mass is 32.1. The third-order valence-corrected chi connectivity index (χ3v) is 20.5. The number of para-hydroxylation sites is 2. The summed E-state index contributed by atoms with van der Waals surface area (Å²) in [5.41, 5.74) is 24.7. The fourth-order valence-corrected chi connectivity index (χ4v) is 16.2. The number of benzene rings is 10. The van der Waals surface area contributed by atoms with Gasteiger partial charge in [-0.05, 0) is 156 Å². The van der Waals surface area contributed by atoms with Crippen LogP contribution in [0.15, 0.2) is 218 Å². The van der Waals surface area contributed by atoms with Crippen LogP contribution >= 0.6 is 11.3 Å². The molecule has 0 fully saturated rings. The average molecular weight is 1080 g/mol. The Morgan fingerprint density at radius 2 is 1.04 bits per heavy atom. The van der Waals surface area contributed by atoms with Crippen molar-refractivity contribution < 1.29 is 0 Å². The van der Waals surface area contributed by atoms with Crippen molar-refractivity contribution in [2.24, 2.45) is 0 Å². The predicted octanol–water partition coefficient (Wildman–Crippen LogP) is 19.9. The van der Waals surface area contributed by atoms with Gasteiger partial charge in [-0.15, -0.1) is 11.3 Å². The number of rotatable bonds is 6. The van der Waals surface area contributed by atoms with Crippen LogP contribution in [0.5, 0.6) is 0 Å². The van der Waals surface area contributed by atoms with E-state index in [1.807, 2.05) is 11.3 Å². The van der Waals surface area contributed by atoms with Crippen LogP contribution in [-0.4, -0.2) is 6.85 Å². The fourth-order valence-electron chi connectivity index (χ4n) is 14.9. The lowest BCUT2D eigenvalue weighted by atomic mass is 9.42. The maximum absolute atomic E-state index is 2.81. The second-order valence-electron chi connectivity index (χ2n) is 27.1. The molecule has 0 atom stereocenters. The van der Waals surface area contributed by atoms with Crippen molar-refractivity contribution in [3.63, 3.8) is 0 Å². The molecule has 0 saturated carbocycles. The molecule has 3 aliphatic heterocycles. The highest BCUT2D eigenvalue weighted by Crippen LogP contribution is 2.61. The second-order valence-corrected chi connectivity index (χ2v) is 28.2. The molecule has 0 radical (unpaired) electrons. The number of hydrogen-bond donors (Lipinski definition) is 0. The van der Waals surface area contributed by atoms with Gasteiger partial charge in [0.05, 0.1) is 21.5 Å². The Balaban J connectivity index is 1.11. The van der Waals surface area contributed by atoms with Crippen LogP contribution in [-0.2, 0) is 27.1 Å². The van der Waals surface area contributed by atoms with E-state index in [0.29, 0.717) is 0 Å². The Kier molecular flexibility index (Phi) is 11.1. The van der Waals surface area contributed by atoms with Gasteiger partial charge >= 0.3 is 6.85 Å². The van der Waals surface area contributed by atoms with Gasteiger partial charge in [0.25, 0.3) is 0 Å². The first-order valence-electron chi connectivity index (χ1n) is 29.7. The van der Waals surface area contributed by atoms with Gasteiger partial charge in [-0.2, -0.15) is 0 Å². The molecule has 0 unspecified atom stereocenters. The van der Waals surface area contributed by atoms with Gasteiger partial charge < -0.3 is 14.6 Å². The van der Waals surface area contributed by atoms with Gasteiger partial charge in [0, 0.05) is 55.2 Å². The predicted molar refractivity (Wildman–Crippen MR) is 352 cm³/mol. The molecule has 4 heterocycles. The van der Waals surface area contributed by atoms with Crippen LogP contribution in [0.2, 0.25) is 0 Å². The first-order chi connectivity index (χ1) is 39.4. The Morgan fingerprint density at radius 1 is 0.451 bits per heavy atom. The molecular weight excluding hydrogens is 1010 g/mol. The first-order valence-corrected chi connectivity index (χ1v) is 30.5. The van der Waals surface area contributed by atoms with Gasteiger partial charge in [0.15, 0.2) is 0 Å². The summed E-state index contributed by atoms with van der Waals surface area (Å²) in [6.07, 6.45) is 2.31. The van der Waals surface area contributed by atoms with Crippen LogP contribution < -0.4 is 25.5 Å². The van der Waals surface area contributed by atoms with Crippen LogP contribution in [0.4, 0.5) is 45.5 Å². The van der Waals surface area contributed by atoms with Gasteiger partial charge in [0.2, 0.25) is 0 Å². The number of fused-ring (bicyclic) bond motifs is 11. The molecule has 402 valence electrons. The van der Waals surface area contributed by atoms with Crippen LogP contribution in [0.25, 0.3) is 31.3 Å². The lowest BCUT2D eigenvalue weighted by Gasteiger charge is -2.52. The SMILES string of the molecule is CC(C)(C)c1ccc(N(c2ccc(C(C)(C)C)cc2)c2cc3c4c(c2)N2c5ccccc5C(c5ccccc5)(c5ccccc5)c5cccc(c52)B4N(c2ccc4c(c2)C(C)(C)CCC4(C)C)c2c-3ccc3c2sc2ccccc23)cc1. The van der Waals surface area contributed by atoms with E-state index in [1.165, 1.54) is 122 Å². The summed E-state index contributed by atoms with van der Waals surface area (Å²) in [4.78, 5) is 8.02. The van der Waals surface area contributed by atoms with E-state index in [9.17, 15) is 0 Å². The first kappa shape index (κ1) is 50.8. The average Bonchev–Trinajstić information content (AvgIpc) is 2.45. The minimum atomic E-state index is -0.647. The van der Waals surface area contributed by atoms with Gasteiger partial charge in [-0.3, -0.25) is 0 Å². The van der Waals surface area contributed by atoms with Crippen molar-refractivity contribution in [1.29, 1.82) is 0 Å². The number of anilines is 8. The van der Waals surface area contributed by atoms with E-state index in [4.69, 9.17) is 0 Å². The lowest BCUT2D eigenvalue weighted by molar-refractivity contribution is 0.332. The molecule has 4 aliphatic rings. The summed E-state index contributed by atoms with van der Waals surface area (Å²) in [5, 5.41) is 2.61. The summed E-state index contributed by atoms with van der Waals surface area (Å²) in [5.74, 6) is 0. The van der Waals surface area contributed by atoms with E-state index in [0.717, 1.165) is 23.5 Å². The van der Waals surface area contributed by atoms with Gasteiger partial charge in [-0.1, -0.05) is 227 Å². The lowest BCUT2D eigenvalue weighted by Crippen LogP contribution is -2.62. The molecule has 0 N–H and O–H groups in total. The van der Waals surface area contributed by atoms with Crippen molar-refractivity contribution in [2.75, 3.05) is 14.6 Å². The normalized spacial score (nSPS) is 16.0. The molecule has 5 heteroatoms. The second kappa shape index (κ2) is 17.9. The zero-order chi connectivity index (χ0) is 56.2. The third kappa shape index (κ3) is 7.40. The summed E-state index contributed by atoms with van der Waals surface area (Å²) in [6, 6.07) is 84.7. The standard InChI is InChI=1S/C77H70BN3S/c1-73(2,3)49-32-36-53(37-33-49)79(54-38-34-50(35-39-54)74(4,5)6)56-46-60-58-41-42-59-57-26-17-20-31-68(57)82-72(59)70(58)81(55-40-43-61-64(47-55)76(9,10)45-44-75(61,7)8)78-65-29-21-28-63-71(65)80(67(48-56)69(60)78)66-30-19-18-27-62(66)77(63,51-22-13-11-14-23-51)52-24-15-12-16-25-52/h11-43,46-48H,44-45H2,1-10H3. The minimum absolute atomic E-state index is 0.00171. The molecule has 1 aliphatic carbocycles. The number of thiophene rings is 1. The summed E-state index contributed by atoms with van der Waals surface area (Å²) < 4.78 is 2.63. The molecule has 0 spiro atoms. The van der Waals surface area contributed by atoms with Crippen molar-refractivity contribution in [2.45, 2.75) is 109 Å². The maximum atomic E-state index is 2.81. The van der Waals surface area contributed by atoms with E-state index < -0.39 is 5.41 Å². The van der Waals surface area contributed by atoms with Crippen molar-refractivity contribution in [3.8, 4) is 11.1 Å². The Labute approximate surface area is 489 Å². The van der Waals surface area contributed by atoms with E-state index in [-0.39, 0.29) is 28.5 Å². The molecule has 11 aromatic rings. The summed E-state index contributed by atoms with van der Waals surface area (Å²) >= 11 is 1.95. The molecule has 0 amide bonds. The summed E-state index contributed by atoms with van der Waals surface area (Å²) in [7, 11) is 0. The topological polar surface area (TPSA) is 9.72 Å². The molecular formula is C77H70BN3S. The van der Waals surface area contributed by atoms with Crippen LogP contribution in [0.3, 0.4) is 0 Å². The molecule has 3 nitrogen and oxygen atoms in total. The minimum Gasteiger partial charge on any atom is -0.375 e. The molecule has 0 saturated heterocycles. The highest BCUT2D eigenvalue weighted by molar-refractivity contribution is 7.26. The molecule has 82 heavy (non-hydrogen) atoms. The van der Waals surface area contributed by atoms with Crippen molar-refractivity contribution in [1.82, 2.24) is 0 Å². The van der Waals surface area contributed by atoms with Gasteiger partial charge in [-0.25, -0.2) is 0 Å². The molecule has 0 bridgehead atoms. The Hall–Kier alpha value is -8.12. The van der Waals surface area contributed by atoms with Crippen LogP contribution in [0.1, 0.15) is 127 Å². The fraction of sp³-hybridized carbons (Fsp3) is 0.221. The smallest absolute Gasteiger partial charge is 0.333 e. The Bertz CT molecular complexity index is 4270. The quantitative estimate of drug-likeness (QED) is 0.154. The largest absolute Gasteiger partial charge is 0.375 e. The zero-order valence-electron chi connectivity index (χ0n) is 49.0. The van der Waals surface area contributed by atoms with Gasteiger partial charge in [0.1, 0.15) is 0 Å². The number of hydrogen-bond acceptors (Lipinski definition) is 4. The van der Waals surface area contributed by atoms with E-state index in [1.54, 1.807) is 0 Å². The monoisotopic (exact) mass is 1080 g/mol. The molecule has 10 aromatic carbocycles. The van der Waals surface area contributed by atoms with E-state index >= 15 is 0 Å². The number of nitrogens with zero attached hydrogens (tertiary/aromatic N) is 3. The summed E-state index contributed by atoms with van der Waals surface area (Å²) in [6.45, 7) is 23.5. The Morgan fingerprint density at radius 3 is 1.68 bits per heavy atom. The maximum Gasteiger partial charge on any atom is 0.333 e. The van der Waals surface area contributed by atoms with Crippen molar-refractivity contribution in [3.05, 3.63) is 263 Å². The highest BCUT2D eigenvalue weighted by Gasteiger charge is 2.54. The molecule has 1 aromatic heterocycles. The molecule has 15 rings (SSSR count). The van der Waals surface area contributed by atoms with Crippen LogP contribution in [0, 0.1) is 0 Å². The zero-order valence-corrected chi connectivity index (χ0v) is 49.8. The van der Waals surface area contributed by atoms with Crippen molar-refractivity contribution >= 4 is 94.8 Å². The third-order valence-electron chi connectivity index (χ3n) is 19.3.